The minimum absolute atomic E-state index is 0.0178. The Morgan fingerprint density at radius 2 is 1.58 bits per heavy atom. The molecule has 0 aromatic carbocycles. The van der Waals surface area contributed by atoms with Gasteiger partial charge < -0.3 is 15.4 Å². The fourth-order valence-electron chi connectivity index (χ4n) is 1.38. The molecule has 2 amide bonds. The molecule has 0 aromatic rings. The van der Waals surface area contributed by atoms with Gasteiger partial charge in [0.2, 0.25) is 11.8 Å². The molecule has 0 saturated heterocycles. The highest BCUT2D eigenvalue weighted by molar-refractivity contribution is 5.81. The van der Waals surface area contributed by atoms with Crippen LogP contribution in [0.3, 0.4) is 0 Å². The smallest absolute Gasteiger partial charge is 0.306 e. The summed E-state index contributed by atoms with van der Waals surface area (Å²) >= 11 is 0. The van der Waals surface area contributed by atoms with Crippen molar-refractivity contribution < 1.29 is 19.1 Å². The fraction of sp³-hybridized carbons (Fsp3) is 0.769. The SMILES string of the molecule is CCOC(=O)CCC(=O)NCCNC(=O)CC(C)C. The molecule has 0 heterocycles. The number of hydrogen-bond acceptors (Lipinski definition) is 4. The molecule has 110 valence electrons. The van der Waals surface area contributed by atoms with Crippen LogP contribution in [0.2, 0.25) is 0 Å². The quantitative estimate of drug-likeness (QED) is 0.476. The molecule has 0 atom stereocenters. The average Bonchev–Trinajstić information content (AvgIpc) is 2.31. The lowest BCUT2D eigenvalue weighted by Gasteiger charge is -2.08. The molecular formula is C13H24N2O4. The van der Waals surface area contributed by atoms with Crippen LogP contribution < -0.4 is 10.6 Å². The van der Waals surface area contributed by atoms with E-state index in [-0.39, 0.29) is 30.6 Å². The van der Waals surface area contributed by atoms with E-state index < -0.39 is 0 Å². The Hall–Kier alpha value is -1.59. The molecule has 0 aliphatic carbocycles. The van der Waals surface area contributed by atoms with Gasteiger partial charge in [-0.1, -0.05) is 13.8 Å². The van der Waals surface area contributed by atoms with Crippen molar-refractivity contribution in [2.75, 3.05) is 19.7 Å². The first-order valence-electron chi connectivity index (χ1n) is 6.64. The summed E-state index contributed by atoms with van der Waals surface area (Å²) in [5.74, 6) is -0.288. The van der Waals surface area contributed by atoms with Gasteiger partial charge in [-0.15, -0.1) is 0 Å². The minimum atomic E-state index is -0.372. The van der Waals surface area contributed by atoms with Crippen LogP contribution in [0.4, 0.5) is 0 Å². The molecule has 6 heteroatoms. The lowest BCUT2D eigenvalue weighted by Crippen LogP contribution is -2.35. The molecule has 0 spiro atoms. The second-order valence-corrected chi connectivity index (χ2v) is 4.60. The van der Waals surface area contributed by atoms with Gasteiger partial charge in [-0.3, -0.25) is 14.4 Å². The maximum Gasteiger partial charge on any atom is 0.306 e. The monoisotopic (exact) mass is 272 g/mol. The third-order valence-electron chi connectivity index (χ3n) is 2.22. The first-order valence-corrected chi connectivity index (χ1v) is 6.64. The minimum Gasteiger partial charge on any atom is -0.466 e. The number of nitrogens with one attached hydrogen (secondary N) is 2. The van der Waals surface area contributed by atoms with Crippen LogP contribution >= 0.6 is 0 Å². The number of amides is 2. The van der Waals surface area contributed by atoms with Crippen molar-refractivity contribution in [3.8, 4) is 0 Å². The van der Waals surface area contributed by atoms with E-state index in [4.69, 9.17) is 4.74 Å². The number of rotatable bonds is 9. The average molecular weight is 272 g/mol. The molecule has 0 aromatic heterocycles. The van der Waals surface area contributed by atoms with Crippen molar-refractivity contribution in [3.05, 3.63) is 0 Å². The summed E-state index contributed by atoms with van der Waals surface area (Å²) in [5, 5.41) is 5.34. The lowest BCUT2D eigenvalue weighted by molar-refractivity contribution is -0.144. The van der Waals surface area contributed by atoms with Crippen molar-refractivity contribution in [1.82, 2.24) is 10.6 Å². The second-order valence-electron chi connectivity index (χ2n) is 4.60. The lowest BCUT2D eigenvalue weighted by atomic mass is 10.1. The maximum absolute atomic E-state index is 11.3. The second kappa shape index (κ2) is 10.3. The Kier molecular flexibility index (Phi) is 9.48. The van der Waals surface area contributed by atoms with Crippen molar-refractivity contribution in [2.45, 2.75) is 40.0 Å². The molecule has 0 aliphatic heterocycles. The van der Waals surface area contributed by atoms with Crippen molar-refractivity contribution in [3.63, 3.8) is 0 Å². The van der Waals surface area contributed by atoms with Crippen LogP contribution in [0, 0.1) is 5.92 Å². The summed E-state index contributed by atoms with van der Waals surface area (Å²) in [5.41, 5.74) is 0. The van der Waals surface area contributed by atoms with Crippen LogP contribution in [0.5, 0.6) is 0 Å². The number of carbonyl (C=O) groups excluding carboxylic acids is 3. The van der Waals surface area contributed by atoms with Gasteiger partial charge in [0.05, 0.1) is 13.0 Å². The van der Waals surface area contributed by atoms with Crippen LogP contribution in [0.1, 0.15) is 40.0 Å². The summed E-state index contributed by atoms with van der Waals surface area (Å²) in [6.45, 7) is 6.75. The van der Waals surface area contributed by atoms with Crippen molar-refractivity contribution in [1.29, 1.82) is 0 Å². The molecule has 0 fully saturated rings. The summed E-state index contributed by atoms with van der Waals surface area (Å²) < 4.78 is 4.71. The molecule has 0 bridgehead atoms. The van der Waals surface area contributed by atoms with Gasteiger partial charge in [-0.25, -0.2) is 0 Å². The first-order chi connectivity index (χ1) is 8.95. The molecule has 0 unspecified atom stereocenters. The van der Waals surface area contributed by atoms with Crippen LogP contribution in [0.15, 0.2) is 0 Å². The topological polar surface area (TPSA) is 84.5 Å². The largest absolute Gasteiger partial charge is 0.466 e. The third kappa shape index (κ3) is 11.2. The molecule has 2 N–H and O–H groups in total. The van der Waals surface area contributed by atoms with E-state index in [1.165, 1.54) is 0 Å². The fourth-order valence-corrected chi connectivity index (χ4v) is 1.38. The summed E-state index contributed by atoms with van der Waals surface area (Å²) in [4.78, 5) is 33.7. The third-order valence-corrected chi connectivity index (χ3v) is 2.22. The highest BCUT2D eigenvalue weighted by Gasteiger charge is 2.07. The number of carbonyl (C=O) groups is 3. The number of esters is 1. The first kappa shape index (κ1) is 17.4. The summed E-state index contributed by atoms with van der Waals surface area (Å²) in [6.07, 6.45) is 0.676. The molecule has 0 radical (unpaired) electrons. The molecular weight excluding hydrogens is 248 g/mol. The molecule has 0 saturated carbocycles. The van der Waals surface area contributed by atoms with Crippen LogP contribution in [0.25, 0.3) is 0 Å². The van der Waals surface area contributed by atoms with E-state index >= 15 is 0 Å². The van der Waals surface area contributed by atoms with Gasteiger partial charge >= 0.3 is 5.97 Å². The Morgan fingerprint density at radius 3 is 2.11 bits per heavy atom. The van der Waals surface area contributed by atoms with Gasteiger partial charge in [-0.2, -0.15) is 0 Å². The zero-order chi connectivity index (χ0) is 14.7. The Bertz CT molecular complexity index is 303. The molecule has 19 heavy (non-hydrogen) atoms. The zero-order valence-corrected chi connectivity index (χ0v) is 12.0. The van der Waals surface area contributed by atoms with E-state index in [9.17, 15) is 14.4 Å². The highest BCUT2D eigenvalue weighted by Crippen LogP contribution is 1.97. The van der Waals surface area contributed by atoms with E-state index in [0.717, 1.165) is 0 Å². The van der Waals surface area contributed by atoms with Crippen LogP contribution in [-0.2, 0) is 19.1 Å². The number of hydrogen-bond donors (Lipinski definition) is 2. The molecule has 0 rings (SSSR count). The predicted molar refractivity (Wildman–Crippen MR) is 71.3 cm³/mol. The number of ether oxygens (including phenoxy) is 1. The van der Waals surface area contributed by atoms with E-state index in [0.29, 0.717) is 32.0 Å². The van der Waals surface area contributed by atoms with Gasteiger partial charge in [0, 0.05) is 25.9 Å². The van der Waals surface area contributed by atoms with Crippen molar-refractivity contribution >= 4 is 17.8 Å². The molecule has 0 aliphatic rings. The predicted octanol–water partition coefficient (Wildman–Crippen LogP) is 0.608. The highest BCUT2D eigenvalue weighted by atomic mass is 16.5. The van der Waals surface area contributed by atoms with Crippen molar-refractivity contribution in [2.24, 2.45) is 5.92 Å². The van der Waals surface area contributed by atoms with Gasteiger partial charge in [0.25, 0.3) is 0 Å². The Labute approximate surface area is 114 Å². The van der Waals surface area contributed by atoms with Gasteiger partial charge in [-0.05, 0) is 12.8 Å². The van der Waals surface area contributed by atoms with Gasteiger partial charge in [0.15, 0.2) is 0 Å². The maximum atomic E-state index is 11.3. The Balaban J connectivity index is 3.53. The van der Waals surface area contributed by atoms with E-state index in [2.05, 4.69) is 10.6 Å². The summed E-state index contributed by atoms with van der Waals surface area (Å²) in [6, 6.07) is 0. The van der Waals surface area contributed by atoms with Gasteiger partial charge in [0.1, 0.15) is 0 Å². The Morgan fingerprint density at radius 1 is 1.00 bits per heavy atom. The summed E-state index contributed by atoms with van der Waals surface area (Å²) in [7, 11) is 0. The van der Waals surface area contributed by atoms with Crippen LogP contribution in [-0.4, -0.2) is 37.5 Å². The molecule has 6 nitrogen and oxygen atoms in total. The zero-order valence-electron chi connectivity index (χ0n) is 12.0. The normalized spacial score (nSPS) is 10.1. The standard InChI is InChI=1S/C13H24N2O4/c1-4-19-13(18)6-5-11(16)14-7-8-15-12(17)9-10(2)3/h10H,4-9H2,1-3H3,(H,14,16)(H,15,17). The van der Waals surface area contributed by atoms with E-state index in [1.54, 1.807) is 6.92 Å². The van der Waals surface area contributed by atoms with E-state index in [1.807, 2.05) is 13.8 Å².